The first-order valence-corrected chi connectivity index (χ1v) is 10.2. The maximum Gasteiger partial charge on any atom is 0.339 e. The minimum atomic E-state index is -0.401. The number of hydrogen-bond acceptors (Lipinski definition) is 4. The lowest BCUT2D eigenvalue weighted by Gasteiger charge is -2.11. The van der Waals surface area contributed by atoms with Gasteiger partial charge in [-0.05, 0) is 30.3 Å². The molecule has 0 spiro atoms. The molecule has 0 bridgehead atoms. The number of rotatable bonds is 8. The number of para-hydroxylation sites is 4. The number of carbonyl (C=O) groups excluding carboxylic acids is 1. The molecule has 0 saturated heterocycles. The van der Waals surface area contributed by atoms with Crippen LogP contribution in [0.2, 0.25) is 0 Å². The molecule has 0 atom stereocenters. The molecule has 162 valence electrons. The molecule has 4 rings (SSSR count). The van der Waals surface area contributed by atoms with Crippen LogP contribution in [0.5, 0.6) is 11.5 Å². The van der Waals surface area contributed by atoms with E-state index in [9.17, 15) is 4.79 Å². The van der Waals surface area contributed by atoms with Crippen LogP contribution in [-0.2, 0) is 6.54 Å². The molecular weight excluding hydrogens is 404 g/mol. The Hall–Kier alpha value is -4.26. The fourth-order valence-electron chi connectivity index (χ4n) is 3.40. The number of aromatic nitrogens is 1. The van der Waals surface area contributed by atoms with E-state index in [0.717, 1.165) is 16.5 Å². The van der Waals surface area contributed by atoms with Gasteiger partial charge in [-0.1, -0.05) is 48.5 Å². The second kappa shape index (κ2) is 10.2. The average Bonchev–Trinajstić information content (AvgIpc) is 3.18. The summed E-state index contributed by atoms with van der Waals surface area (Å²) < 4.78 is 13.4. The van der Waals surface area contributed by atoms with E-state index in [-0.39, 0.29) is 0 Å². The van der Waals surface area contributed by atoms with Gasteiger partial charge in [0, 0.05) is 28.4 Å². The quantitative estimate of drug-likeness (QED) is 0.310. The van der Waals surface area contributed by atoms with Gasteiger partial charge in [0.2, 0.25) is 0 Å². The number of benzene rings is 3. The zero-order valence-corrected chi connectivity index (χ0v) is 17.7. The number of anilines is 1. The van der Waals surface area contributed by atoms with E-state index < -0.39 is 6.03 Å². The number of nitrogens with zero attached hydrogens (tertiary/aromatic N) is 2. The van der Waals surface area contributed by atoms with Crippen LogP contribution in [-0.4, -0.2) is 30.5 Å². The predicted octanol–water partition coefficient (Wildman–Crippen LogP) is 4.88. The Kier molecular flexibility index (Phi) is 6.67. The Morgan fingerprint density at radius 1 is 0.969 bits per heavy atom. The number of fused-ring (bicyclic) bond motifs is 1. The zero-order chi connectivity index (χ0) is 22.2. The molecule has 2 N–H and O–H groups in total. The molecule has 2 amide bonds. The van der Waals surface area contributed by atoms with Gasteiger partial charge in [0.25, 0.3) is 0 Å². The van der Waals surface area contributed by atoms with Crippen LogP contribution in [0.15, 0.2) is 90.2 Å². The molecule has 0 fully saturated rings. The number of urea groups is 1. The fraction of sp³-hybridized carbons (Fsp3) is 0.120. The van der Waals surface area contributed by atoms with Crippen molar-refractivity contribution in [3.63, 3.8) is 0 Å². The van der Waals surface area contributed by atoms with Crippen molar-refractivity contribution in [1.82, 2.24) is 9.99 Å². The third-order valence-corrected chi connectivity index (χ3v) is 4.88. The summed E-state index contributed by atoms with van der Waals surface area (Å²) >= 11 is 0. The number of nitrogens with one attached hydrogen (secondary N) is 2. The first-order valence-electron chi connectivity index (χ1n) is 10.2. The number of hydrazone groups is 1. The zero-order valence-electron chi connectivity index (χ0n) is 17.7. The number of amides is 2. The molecule has 7 heteroatoms. The van der Waals surface area contributed by atoms with Crippen molar-refractivity contribution in [3.05, 3.63) is 90.6 Å². The SMILES string of the molecule is COc1ccccc1OCCn1cc(/C=N/NC(=O)Nc2ccccc2)c2ccccc21. The van der Waals surface area contributed by atoms with Gasteiger partial charge in [-0.2, -0.15) is 5.10 Å². The van der Waals surface area contributed by atoms with Crippen molar-refractivity contribution in [2.24, 2.45) is 5.10 Å². The minimum absolute atomic E-state index is 0.401. The second-order valence-electron chi connectivity index (χ2n) is 6.98. The lowest BCUT2D eigenvalue weighted by molar-refractivity contribution is 0.252. The van der Waals surface area contributed by atoms with Crippen LogP contribution in [0.3, 0.4) is 0 Å². The topological polar surface area (TPSA) is 76.9 Å². The van der Waals surface area contributed by atoms with Crippen molar-refractivity contribution in [1.29, 1.82) is 0 Å². The van der Waals surface area contributed by atoms with Crippen LogP contribution >= 0.6 is 0 Å². The van der Waals surface area contributed by atoms with Crippen LogP contribution in [0.25, 0.3) is 10.9 Å². The molecule has 0 aliphatic carbocycles. The standard InChI is InChI=1S/C25H24N4O3/c1-31-23-13-7-8-14-24(23)32-16-15-29-18-19(21-11-5-6-12-22(21)29)17-26-28-25(30)27-20-9-3-2-4-10-20/h2-14,17-18H,15-16H2,1H3,(H2,27,28,30)/b26-17+. The van der Waals surface area contributed by atoms with Crippen molar-refractivity contribution in [2.45, 2.75) is 6.54 Å². The average molecular weight is 428 g/mol. The number of hydrogen-bond donors (Lipinski definition) is 2. The fourth-order valence-corrected chi connectivity index (χ4v) is 3.40. The van der Waals surface area contributed by atoms with Gasteiger partial charge < -0.3 is 19.4 Å². The second-order valence-corrected chi connectivity index (χ2v) is 6.98. The summed E-state index contributed by atoms with van der Waals surface area (Å²) in [5.74, 6) is 1.42. The Bertz CT molecular complexity index is 1220. The van der Waals surface area contributed by atoms with Gasteiger partial charge in [0.1, 0.15) is 6.61 Å². The van der Waals surface area contributed by atoms with Crippen molar-refractivity contribution < 1.29 is 14.3 Å². The molecule has 0 aliphatic heterocycles. The van der Waals surface area contributed by atoms with Gasteiger partial charge >= 0.3 is 6.03 Å². The minimum Gasteiger partial charge on any atom is -0.493 e. The highest BCUT2D eigenvalue weighted by molar-refractivity contribution is 6.00. The van der Waals surface area contributed by atoms with E-state index >= 15 is 0 Å². The Morgan fingerprint density at radius 2 is 1.69 bits per heavy atom. The molecule has 4 aromatic rings. The molecule has 1 aromatic heterocycles. The molecule has 0 radical (unpaired) electrons. The van der Waals surface area contributed by atoms with Crippen LogP contribution in [0.1, 0.15) is 5.56 Å². The van der Waals surface area contributed by atoms with E-state index in [1.54, 1.807) is 13.3 Å². The largest absolute Gasteiger partial charge is 0.493 e. The number of methoxy groups -OCH3 is 1. The Labute approximate surface area is 186 Å². The van der Waals surface area contributed by atoms with Gasteiger partial charge in [0.05, 0.1) is 19.9 Å². The summed E-state index contributed by atoms with van der Waals surface area (Å²) in [6, 6.07) is 24.4. The van der Waals surface area contributed by atoms with Crippen molar-refractivity contribution >= 4 is 28.8 Å². The third-order valence-electron chi connectivity index (χ3n) is 4.88. The van der Waals surface area contributed by atoms with Gasteiger partial charge in [0.15, 0.2) is 11.5 Å². The van der Waals surface area contributed by atoms with Crippen molar-refractivity contribution in [2.75, 3.05) is 19.0 Å². The maximum absolute atomic E-state index is 12.0. The molecule has 0 unspecified atom stereocenters. The number of carbonyl (C=O) groups is 1. The first-order chi connectivity index (χ1) is 15.7. The highest BCUT2D eigenvalue weighted by Crippen LogP contribution is 2.26. The highest BCUT2D eigenvalue weighted by atomic mass is 16.5. The predicted molar refractivity (Wildman–Crippen MR) is 127 cm³/mol. The van der Waals surface area contributed by atoms with Gasteiger partial charge in [-0.3, -0.25) is 0 Å². The normalized spacial score (nSPS) is 10.9. The Morgan fingerprint density at radius 3 is 2.50 bits per heavy atom. The summed E-state index contributed by atoms with van der Waals surface area (Å²) in [5.41, 5.74) is 5.17. The van der Waals surface area contributed by atoms with Gasteiger partial charge in [-0.15, -0.1) is 0 Å². The molecule has 0 aliphatic rings. The molecule has 32 heavy (non-hydrogen) atoms. The summed E-state index contributed by atoms with van der Waals surface area (Å²) in [5, 5.41) is 7.87. The smallest absolute Gasteiger partial charge is 0.339 e. The van der Waals surface area contributed by atoms with Crippen LogP contribution in [0, 0.1) is 0 Å². The maximum atomic E-state index is 12.0. The molecule has 0 saturated carbocycles. The Balaban J connectivity index is 1.42. The van der Waals surface area contributed by atoms with E-state index in [4.69, 9.17) is 9.47 Å². The molecule has 3 aromatic carbocycles. The molecule has 7 nitrogen and oxygen atoms in total. The van der Waals surface area contributed by atoms with Crippen LogP contribution in [0.4, 0.5) is 10.5 Å². The summed E-state index contributed by atoms with van der Waals surface area (Å²) in [7, 11) is 1.63. The molecular formula is C25H24N4O3. The van der Waals surface area contributed by atoms with Gasteiger partial charge in [-0.25, -0.2) is 10.2 Å². The van der Waals surface area contributed by atoms with E-state index in [0.29, 0.717) is 30.3 Å². The van der Waals surface area contributed by atoms with E-state index in [1.807, 2.05) is 85.1 Å². The summed E-state index contributed by atoms with van der Waals surface area (Å²) in [6.45, 7) is 1.13. The third kappa shape index (κ3) is 5.07. The summed E-state index contributed by atoms with van der Waals surface area (Å²) in [6.07, 6.45) is 3.64. The van der Waals surface area contributed by atoms with Crippen LogP contribution < -0.4 is 20.2 Å². The summed E-state index contributed by atoms with van der Waals surface area (Å²) in [4.78, 5) is 12.0. The highest BCUT2D eigenvalue weighted by Gasteiger charge is 2.08. The van der Waals surface area contributed by atoms with E-state index in [1.165, 1.54) is 0 Å². The van der Waals surface area contributed by atoms with Crippen molar-refractivity contribution in [3.8, 4) is 11.5 Å². The lowest BCUT2D eigenvalue weighted by atomic mass is 10.2. The molecule has 1 heterocycles. The monoisotopic (exact) mass is 428 g/mol. The first kappa shape index (κ1) is 21.0. The van der Waals surface area contributed by atoms with E-state index in [2.05, 4.69) is 20.4 Å². The number of ether oxygens (including phenoxy) is 2. The lowest BCUT2D eigenvalue weighted by Crippen LogP contribution is -2.24.